The fraction of sp³-hybridized carbons (Fsp3) is 0.158. The molecule has 0 saturated heterocycles. The Morgan fingerprint density at radius 2 is 1.24 bits per heavy atom. The molecule has 0 radical (unpaired) electrons. The standard InChI is InChI=1S/C19H18O2/c1-13-14(2)19(16-9-11-17(20-3)12-10-16)21-18(13)15-7-5-4-6-8-15/h4-12H,1-3H3. The van der Waals surface area contributed by atoms with Gasteiger partial charge in [-0.05, 0) is 49.2 Å². The third kappa shape index (κ3) is 2.45. The van der Waals surface area contributed by atoms with Crippen LogP contribution in [-0.2, 0) is 0 Å². The van der Waals surface area contributed by atoms with Gasteiger partial charge >= 0.3 is 0 Å². The Morgan fingerprint density at radius 3 is 1.76 bits per heavy atom. The molecule has 0 N–H and O–H groups in total. The number of furan rings is 1. The summed E-state index contributed by atoms with van der Waals surface area (Å²) in [6.45, 7) is 4.21. The SMILES string of the molecule is COc1ccc(-c2oc(-c3ccccc3)c(C)c2C)cc1. The van der Waals surface area contributed by atoms with Crippen molar-refractivity contribution in [2.45, 2.75) is 13.8 Å². The van der Waals surface area contributed by atoms with Crippen LogP contribution in [0.2, 0.25) is 0 Å². The molecule has 3 aromatic rings. The van der Waals surface area contributed by atoms with Gasteiger partial charge in [-0.3, -0.25) is 0 Å². The lowest BCUT2D eigenvalue weighted by Crippen LogP contribution is -1.83. The molecule has 2 aromatic carbocycles. The van der Waals surface area contributed by atoms with Crippen LogP contribution >= 0.6 is 0 Å². The van der Waals surface area contributed by atoms with Crippen LogP contribution in [0.15, 0.2) is 59.0 Å². The molecule has 0 aliphatic carbocycles. The first-order chi connectivity index (χ1) is 10.2. The second-order valence-corrected chi connectivity index (χ2v) is 5.10. The summed E-state index contributed by atoms with van der Waals surface area (Å²) in [5.74, 6) is 2.72. The minimum Gasteiger partial charge on any atom is -0.497 e. The summed E-state index contributed by atoms with van der Waals surface area (Å²) in [6.07, 6.45) is 0. The lowest BCUT2D eigenvalue weighted by Gasteiger charge is -2.02. The van der Waals surface area contributed by atoms with E-state index in [1.807, 2.05) is 42.5 Å². The zero-order chi connectivity index (χ0) is 14.8. The minimum absolute atomic E-state index is 0.850. The highest BCUT2D eigenvalue weighted by Crippen LogP contribution is 2.36. The summed E-state index contributed by atoms with van der Waals surface area (Å²) < 4.78 is 11.4. The molecule has 21 heavy (non-hydrogen) atoms. The van der Waals surface area contributed by atoms with Gasteiger partial charge in [0.05, 0.1) is 7.11 Å². The van der Waals surface area contributed by atoms with Crippen LogP contribution in [0.25, 0.3) is 22.6 Å². The number of methoxy groups -OCH3 is 1. The highest BCUT2D eigenvalue weighted by molar-refractivity contribution is 5.72. The summed E-state index contributed by atoms with van der Waals surface area (Å²) in [5, 5.41) is 0. The van der Waals surface area contributed by atoms with E-state index in [9.17, 15) is 0 Å². The molecule has 0 bridgehead atoms. The van der Waals surface area contributed by atoms with E-state index in [1.165, 1.54) is 11.1 Å². The summed E-state index contributed by atoms with van der Waals surface area (Å²) in [4.78, 5) is 0. The van der Waals surface area contributed by atoms with Gasteiger partial charge in [0.15, 0.2) is 0 Å². The molecule has 1 heterocycles. The molecule has 0 saturated carbocycles. The normalized spacial score (nSPS) is 10.6. The Kier molecular flexibility index (Phi) is 3.53. The van der Waals surface area contributed by atoms with Gasteiger partial charge in [-0.2, -0.15) is 0 Å². The van der Waals surface area contributed by atoms with Gasteiger partial charge in [0.2, 0.25) is 0 Å². The Labute approximate surface area is 125 Å². The van der Waals surface area contributed by atoms with Crippen molar-refractivity contribution >= 4 is 0 Å². The molecule has 1 aromatic heterocycles. The number of benzene rings is 2. The maximum atomic E-state index is 6.15. The quantitative estimate of drug-likeness (QED) is 0.653. The van der Waals surface area contributed by atoms with E-state index in [0.717, 1.165) is 28.4 Å². The number of hydrogen-bond donors (Lipinski definition) is 0. The van der Waals surface area contributed by atoms with Gasteiger partial charge in [0.25, 0.3) is 0 Å². The second-order valence-electron chi connectivity index (χ2n) is 5.10. The van der Waals surface area contributed by atoms with Crippen molar-refractivity contribution in [2.24, 2.45) is 0 Å². The first-order valence-electron chi connectivity index (χ1n) is 7.00. The van der Waals surface area contributed by atoms with Crippen LogP contribution in [0.5, 0.6) is 5.75 Å². The number of rotatable bonds is 3. The maximum absolute atomic E-state index is 6.15. The first kappa shape index (κ1) is 13.5. The maximum Gasteiger partial charge on any atom is 0.137 e. The molecule has 2 nitrogen and oxygen atoms in total. The van der Waals surface area contributed by atoms with Gasteiger partial charge in [-0.1, -0.05) is 30.3 Å². The Balaban J connectivity index is 2.08. The Hall–Kier alpha value is -2.48. The summed E-state index contributed by atoms with van der Waals surface area (Å²) >= 11 is 0. The highest BCUT2D eigenvalue weighted by Gasteiger charge is 2.16. The molecule has 0 unspecified atom stereocenters. The predicted molar refractivity (Wildman–Crippen MR) is 85.6 cm³/mol. The predicted octanol–water partition coefficient (Wildman–Crippen LogP) is 5.24. The van der Waals surface area contributed by atoms with Gasteiger partial charge in [-0.25, -0.2) is 0 Å². The molecule has 106 valence electrons. The van der Waals surface area contributed by atoms with E-state index < -0.39 is 0 Å². The van der Waals surface area contributed by atoms with Crippen LogP contribution in [0.4, 0.5) is 0 Å². The monoisotopic (exact) mass is 278 g/mol. The molecule has 0 aliphatic rings. The van der Waals surface area contributed by atoms with Crippen molar-refractivity contribution in [3.63, 3.8) is 0 Å². The zero-order valence-corrected chi connectivity index (χ0v) is 12.5. The van der Waals surface area contributed by atoms with Gasteiger partial charge in [-0.15, -0.1) is 0 Å². The third-order valence-electron chi connectivity index (χ3n) is 3.84. The van der Waals surface area contributed by atoms with Crippen molar-refractivity contribution in [2.75, 3.05) is 7.11 Å². The Bertz CT molecular complexity index is 737. The van der Waals surface area contributed by atoms with E-state index in [0.29, 0.717) is 0 Å². The molecule has 2 heteroatoms. The largest absolute Gasteiger partial charge is 0.497 e. The highest BCUT2D eigenvalue weighted by atomic mass is 16.5. The van der Waals surface area contributed by atoms with E-state index >= 15 is 0 Å². The topological polar surface area (TPSA) is 22.4 Å². The summed E-state index contributed by atoms with van der Waals surface area (Å²) in [7, 11) is 1.67. The zero-order valence-electron chi connectivity index (χ0n) is 12.5. The van der Waals surface area contributed by atoms with E-state index in [2.05, 4.69) is 26.0 Å². The van der Waals surface area contributed by atoms with E-state index in [1.54, 1.807) is 7.11 Å². The number of hydrogen-bond acceptors (Lipinski definition) is 2. The average molecular weight is 278 g/mol. The van der Waals surface area contributed by atoms with Crippen molar-refractivity contribution in [1.29, 1.82) is 0 Å². The number of ether oxygens (including phenoxy) is 1. The molecule has 0 fully saturated rings. The fourth-order valence-corrected chi connectivity index (χ4v) is 2.48. The molecular weight excluding hydrogens is 260 g/mol. The summed E-state index contributed by atoms with van der Waals surface area (Å²) in [6, 6.07) is 18.2. The van der Waals surface area contributed by atoms with Gasteiger partial charge in [0, 0.05) is 11.1 Å². The van der Waals surface area contributed by atoms with Crippen LogP contribution < -0.4 is 4.74 Å². The van der Waals surface area contributed by atoms with Crippen LogP contribution in [0.1, 0.15) is 11.1 Å². The summed E-state index contributed by atoms with van der Waals surface area (Å²) in [5.41, 5.74) is 4.54. The van der Waals surface area contributed by atoms with E-state index in [-0.39, 0.29) is 0 Å². The van der Waals surface area contributed by atoms with Crippen molar-refractivity contribution in [1.82, 2.24) is 0 Å². The van der Waals surface area contributed by atoms with Gasteiger partial charge in [0.1, 0.15) is 17.3 Å². The fourth-order valence-electron chi connectivity index (χ4n) is 2.48. The molecule has 0 amide bonds. The molecular formula is C19H18O2. The Morgan fingerprint density at radius 1 is 0.714 bits per heavy atom. The molecule has 0 aliphatic heterocycles. The molecule has 0 spiro atoms. The van der Waals surface area contributed by atoms with Crippen LogP contribution in [0, 0.1) is 13.8 Å². The minimum atomic E-state index is 0.850. The van der Waals surface area contributed by atoms with E-state index in [4.69, 9.17) is 9.15 Å². The van der Waals surface area contributed by atoms with Gasteiger partial charge < -0.3 is 9.15 Å². The third-order valence-corrected chi connectivity index (χ3v) is 3.84. The first-order valence-corrected chi connectivity index (χ1v) is 7.00. The molecule has 3 rings (SSSR count). The molecule has 0 atom stereocenters. The lowest BCUT2D eigenvalue weighted by atomic mass is 10.0. The second kappa shape index (κ2) is 5.49. The van der Waals surface area contributed by atoms with Crippen LogP contribution in [0.3, 0.4) is 0 Å². The van der Waals surface area contributed by atoms with Crippen molar-refractivity contribution in [3.05, 3.63) is 65.7 Å². The smallest absolute Gasteiger partial charge is 0.137 e. The van der Waals surface area contributed by atoms with Crippen LogP contribution in [-0.4, -0.2) is 7.11 Å². The van der Waals surface area contributed by atoms with Crippen molar-refractivity contribution in [3.8, 4) is 28.4 Å². The van der Waals surface area contributed by atoms with Crippen molar-refractivity contribution < 1.29 is 9.15 Å². The lowest BCUT2D eigenvalue weighted by molar-refractivity contribution is 0.415. The average Bonchev–Trinajstić information content (AvgIpc) is 2.84.